The first kappa shape index (κ1) is 48.1. The second kappa shape index (κ2) is 19.6. The van der Waals surface area contributed by atoms with Crippen LogP contribution in [-0.2, 0) is 0 Å². The maximum absolute atomic E-state index is 9.15. The molecule has 0 N–H and O–H groups in total. The van der Waals surface area contributed by atoms with Crippen LogP contribution in [0.4, 0.5) is 5.69 Å². The number of aryl methyl sites for hydroxylation is 4. The molecule has 0 aliphatic rings. The summed E-state index contributed by atoms with van der Waals surface area (Å²) in [6.07, 6.45) is 0. The molecule has 0 saturated carbocycles. The summed E-state index contributed by atoms with van der Waals surface area (Å²) in [6, 6.07) is 91.8. The number of rotatable bonds is 9. The number of benzene rings is 11. The quantitative estimate of drug-likeness (QED) is 0.132. The van der Waals surface area contributed by atoms with Crippen molar-refractivity contribution in [3.05, 3.63) is 288 Å². The van der Waals surface area contributed by atoms with E-state index in [9.17, 15) is 0 Å². The molecule has 0 aliphatic heterocycles. The molecule has 14 aromatic rings. The van der Waals surface area contributed by atoms with Gasteiger partial charge in [-0.25, -0.2) is 9.83 Å². The third-order valence-electron chi connectivity index (χ3n) is 16.3. The third-order valence-corrected chi connectivity index (χ3v) is 16.3. The fraction of sp³-hybridized carbons (Fsp3) is 0.0526. The molecule has 0 amide bonds. The standard InChI is InChI=1S/C76H54N4/c1-48-20-12-16-28-59(48)54-32-36-71-64(40-54)65-41-55(60-29-17-13-21-49(60)2)33-37-72(65)79(71)75-46-63(58-44-68(52-24-8-6-9-25-52)78-69(45-58)53-26-10-7-11-27-53)70(77-5)47-76(75)80-73-38-34-56(61-30-18-14-22-50(61)3)42-66(73)67-43-57(35-39-74(67)80)62-31-19-15-23-51(62)4/h6-47H,1-4H3. The van der Waals surface area contributed by atoms with Gasteiger partial charge in [-0.05, 0) is 178 Å². The number of hydrogen-bond acceptors (Lipinski definition) is 1. The SMILES string of the molecule is [C-]#[N+]c1cc(-n2c3ccc(-c4ccccc4C)cc3c3cc(-c4ccccc4C)ccc32)c(-n2c3ccc(-c4ccccc4C)cc3c3cc(-c4ccccc4C)ccc32)cc1-c1cc(-c2ccccc2)nc(-c2ccccc2)c1. The topological polar surface area (TPSA) is 27.1 Å². The maximum Gasteiger partial charge on any atom is 0.197 e. The first-order valence-corrected chi connectivity index (χ1v) is 27.4. The van der Waals surface area contributed by atoms with Gasteiger partial charge in [-0.3, -0.25) is 0 Å². The first-order valence-electron chi connectivity index (χ1n) is 27.4. The number of nitrogens with zero attached hydrogens (tertiary/aromatic N) is 4. The molecular weight excluding hydrogens is 969 g/mol. The van der Waals surface area contributed by atoms with E-state index >= 15 is 0 Å². The van der Waals surface area contributed by atoms with Crippen LogP contribution in [0.2, 0.25) is 0 Å². The van der Waals surface area contributed by atoms with Crippen molar-refractivity contribution in [2.24, 2.45) is 0 Å². The predicted molar refractivity (Wildman–Crippen MR) is 336 cm³/mol. The lowest BCUT2D eigenvalue weighted by Gasteiger charge is -2.20. The van der Waals surface area contributed by atoms with Gasteiger partial charge in [-0.2, -0.15) is 0 Å². The van der Waals surface area contributed by atoms with Crippen molar-refractivity contribution in [2.75, 3.05) is 0 Å². The smallest absolute Gasteiger partial charge is 0.197 e. The number of aromatic nitrogens is 3. The van der Waals surface area contributed by atoms with Crippen molar-refractivity contribution in [1.82, 2.24) is 14.1 Å². The van der Waals surface area contributed by atoms with Crippen molar-refractivity contribution in [3.8, 4) is 89.5 Å². The van der Waals surface area contributed by atoms with Crippen molar-refractivity contribution in [1.29, 1.82) is 0 Å². The molecule has 3 aromatic heterocycles. The summed E-state index contributed by atoms with van der Waals surface area (Å²) < 4.78 is 4.87. The van der Waals surface area contributed by atoms with Crippen molar-refractivity contribution in [3.63, 3.8) is 0 Å². The van der Waals surface area contributed by atoms with E-state index in [1.165, 1.54) is 44.5 Å². The minimum atomic E-state index is 0.542. The zero-order chi connectivity index (χ0) is 54.0. The molecule has 0 saturated heterocycles. The van der Waals surface area contributed by atoms with E-state index in [-0.39, 0.29) is 0 Å². The van der Waals surface area contributed by atoms with E-state index in [1.54, 1.807) is 0 Å². The summed E-state index contributed by atoms with van der Waals surface area (Å²) in [4.78, 5) is 9.77. The zero-order valence-electron chi connectivity index (χ0n) is 45.0. The highest BCUT2D eigenvalue weighted by Gasteiger charge is 2.25. The van der Waals surface area contributed by atoms with E-state index in [0.29, 0.717) is 5.69 Å². The molecule has 4 heteroatoms. The lowest BCUT2D eigenvalue weighted by Crippen LogP contribution is -2.04. The van der Waals surface area contributed by atoms with Crippen molar-refractivity contribution in [2.45, 2.75) is 27.7 Å². The number of hydrogen-bond donors (Lipinski definition) is 0. The molecule has 0 bridgehead atoms. The van der Waals surface area contributed by atoms with Gasteiger partial charge in [0.25, 0.3) is 0 Å². The van der Waals surface area contributed by atoms with Crippen LogP contribution in [0.3, 0.4) is 0 Å². The summed E-state index contributed by atoms with van der Waals surface area (Å²) in [5.41, 5.74) is 26.4. The van der Waals surface area contributed by atoms with Crippen LogP contribution in [0.1, 0.15) is 22.3 Å². The molecular formula is C76H54N4. The molecule has 80 heavy (non-hydrogen) atoms. The van der Waals surface area contributed by atoms with Gasteiger partial charge >= 0.3 is 0 Å². The highest BCUT2D eigenvalue weighted by molar-refractivity contribution is 6.14. The summed E-state index contributed by atoms with van der Waals surface area (Å²) >= 11 is 0. The van der Waals surface area contributed by atoms with E-state index in [1.807, 2.05) is 12.1 Å². The van der Waals surface area contributed by atoms with E-state index < -0.39 is 0 Å². The Bertz CT molecular complexity index is 4550. The average Bonchev–Trinajstić information content (AvgIpc) is 3.84. The number of fused-ring (bicyclic) bond motifs is 6. The van der Waals surface area contributed by atoms with Crippen LogP contribution in [-0.4, -0.2) is 14.1 Å². The fourth-order valence-corrected chi connectivity index (χ4v) is 12.3. The molecule has 0 atom stereocenters. The van der Waals surface area contributed by atoms with Crippen LogP contribution >= 0.6 is 0 Å². The molecule has 0 aliphatic carbocycles. The Hall–Kier alpha value is -10.3. The second-order valence-electron chi connectivity index (χ2n) is 21.2. The van der Waals surface area contributed by atoms with Gasteiger partial charge < -0.3 is 9.13 Å². The lowest BCUT2D eigenvalue weighted by molar-refractivity contribution is 1.10. The van der Waals surface area contributed by atoms with Gasteiger partial charge in [0, 0.05) is 32.7 Å². The minimum Gasteiger partial charge on any atom is -0.308 e. The van der Waals surface area contributed by atoms with Gasteiger partial charge in [0.05, 0.1) is 51.4 Å². The normalized spacial score (nSPS) is 11.5. The van der Waals surface area contributed by atoms with Gasteiger partial charge in [-0.15, -0.1) is 0 Å². The van der Waals surface area contributed by atoms with Crippen LogP contribution in [0.5, 0.6) is 0 Å². The Balaban J connectivity index is 1.12. The lowest BCUT2D eigenvalue weighted by atomic mass is 9.97. The molecule has 0 radical (unpaired) electrons. The summed E-state index contributed by atoms with van der Waals surface area (Å²) in [7, 11) is 0. The Labute approximate surface area is 466 Å². The third kappa shape index (κ3) is 8.18. The van der Waals surface area contributed by atoms with E-state index in [0.717, 1.165) is 111 Å². The molecule has 11 aromatic carbocycles. The summed E-state index contributed by atoms with van der Waals surface area (Å²) in [5, 5.41) is 4.57. The molecule has 3 heterocycles. The van der Waals surface area contributed by atoms with Gasteiger partial charge in [0.1, 0.15) is 0 Å². The first-order chi connectivity index (χ1) is 39.3. The van der Waals surface area contributed by atoms with Crippen LogP contribution in [0, 0.1) is 34.3 Å². The molecule has 14 rings (SSSR count). The molecule has 378 valence electrons. The largest absolute Gasteiger partial charge is 0.308 e. The monoisotopic (exact) mass is 1020 g/mol. The Morgan fingerprint density at radius 1 is 0.287 bits per heavy atom. The second-order valence-corrected chi connectivity index (χ2v) is 21.2. The van der Waals surface area contributed by atoms with Crippen molar-refractivity contribution >= 4 is 49.3 Å². The summed E-state index contributed by atoms with van der Waals surface area (Å²) in [6.45, 7) is 17.9. The Morgan fingerprint density at radius 2 is 0.600 bits per heavy atom. The van der Waals surface area contributed by atoms with Gasteiger partial charge in [0.2, 0.25) is 0 Å². The van der Waals surface area contributed by atoms with Crippen molar-refractivity contribution < 1.29 is 0 Å². The molecule has 0 fully saturated rings. The number of pyridine rings is 1. The molecule has 0 spiro atoms. The minimum absolute atomic E-state index is 0.542. The van der Waals surface area contributed by atoms with E-state index in [4.69, 9.17) is 11.6 Å². The molecule has 0 unspecified atom stereocenters. The fourth-order valence-electron chi connectivity index (χ4n) is 12.3. The van der Waals surface area contributed by atoms with Crippen LogP contribution < -0.4 is 0 Å². The van der Waals surface area contributed by atoms with Crippen LogP contribution in [0.25, 0.3) is 138 Å². The molecule has 4 nitrogen and oxygen atoms in total. The summed E-state index contributed by atoms with van der Waals surface area (Å²) in [5.74, 6) is 0. The highest BCUT2D eigenvalue weighted by Crippen LogP contribution is 2.47. The van der Waals surface area contributed by atoms with Gasteiger partial charge in [0.15, 0.2) is 5.69 Å². The Kier molecular flexibility index (Phi) is 11.8. The van der Waals surface area contributed by atoms with Gasteiger partial charge in [-0.1, -0.05) is 182 Å². The average molecular weight is 1020 g/mol. The zero-order valence-corrected chi connectivity index (χ0v) is 45.0. The van der Waals surface area contributed by atoms with E-state index in [2.05, 4.69) is 284 Å². The maximum atomic E-state index is 9.15. The highest BCUT2D eigenvalue weighted by atomic mass is 15.1. The predicted octanol–water partition coefficient (Wildman–Crippen LogP) is 20.7. The van der Waals surface area contributed by atoms with Crippen LogP contribution in [0.15, 0.2) is 255 Å². The Morgan fingerprint density at radius 3 is 0.925 bits per heavy atom.